The van der Waals surface area contributed by atoms with Gasteiger partial charge in [-0.1, -0.05) is 42.5 Å². The van der Waals surface area contributed by atoms with Crippen molar-refractivity contribution in [2.75, 3.05) is 45.2 Å². The van der Waals surface area contributed by atoms with E-state index < -0.39 is 34.7 Å². The smallest absolute Gasteiger partial charge is 0.247 e. The van der Waals surface area contributed by atoms with Gasteiger partial charge in [0.1, 0.15) is 11.6 Å². The number of aliphatic hydroxyl groups is 3. The molecule has 2 fully saturated rings. The van der Waals surface area contributed by atoms with E-state index in [1.807, 2.05) is 11.0 Å². The van der Waals surface area contributed by atoms with Crippen LogP contribution in [0.5, 0.6) is 0 Å². The number of thiol groups is 1. The predicted octanol–water partition coefficient (Wildman–Crippen LogP) is 2.74. The maximum absolute atomic E-state index is 12.9. The maximum Gasteiger partial charge on any atom is 0.247 e. The van der Waals surface area contributed by atoms with Gasteiger partial charge in [-0.2, -0.15) is 0 Å². The fourth-order valence-corrected chi connectivity index (χ4v) is 8.64. The standard InChI is InChI=1S/C34H51N3O5S/c1-23-10-15-26(32-31(41)30(40)28(38)22-43(32)5)21-27(23)20-25-13-11-24(12-14-25)8-6-7-9-29(39)35-34(2,3)33(42)37-18-16-36(4)17-19-37/h10-15,21,28,30-32,38,40-41,43H,6-9,16-20,22H2,1-5H3,(H,35,39)/t28-,30-,31-,32+/m1/s1. The average Bonchev–Trinajstić information content (AvgIpc) is 2.96. The summed E-state index contributed by atoms with van der Waals surface area (Å²) in [4.78, 5) is 29.6. The summed E-state index contributed by atoms with van der Waals surface area (Å²) >= 11 is 0. The van der Waals surface area contributed by atoms with E-state index in [2.05, 4.69) is 66.8 Å². The molecule has 0 aliphatic carbocycles. The largest absolute Gasteiger partial charge is 0.390 e. The summed E-state index contributed by atoms with van der Waals surface area (Å²) in [5.74, 6) is 0.432. The minimum atomic E-state index is -1.11. The van der Waals surface area contributed by atoms with Crippen molar-refractivity contribution >= 4 is 22.7 Å². The van der Waals surface area contributed by atoms with Gasteiger partial charge >= 0.3 is 0 Å². The summed E-state index contributed by atoms with van der Waals surface area (Å²) < 4.78 is 0. The van der Waals surface area contributed by atoms with Gasteiger partial charge in [-0.05, 0) is 87.6 Å². The lowest BCUT2D eigenvalue weighted by Gasteiger charge is -2.42. The van der Waals surface area contributed by atoms with Crippen LogP contribution in [0.4, 0.5) is 0 Å². The molecule has 5 atom stereocenters. The number of nitrogens with zero attached hydrogens (tertiary/aromatic N) is 2. The minimum Gasteiger partial charge on any atom is -0.390 e. The molecule has 1 unspecified atom stereocenters. The van der Waals surface area contributed by atoms with Gasteiger partial charge in [0.15, 0.2) is 0 Å². The lowest BCUT2D eigenvalue weighted by Crippen LogP contribution is -2.59. The number of amides is 2. The van der Waals surface area contributed by atoms with Gasteiger partial charge < -0.3 is 30.4 Å². The molecule has 0 spiro atoms. The number of piperazine rings is 1. The van der Waals surface area contributed by atoms with Crippen molar-refractivity contribution in [3.8, 4) is 0 Å². The number of carbonyl (C=O) groups is 2. The molecule has 0 aromatic heterocycles. The Morgan fingerprint density at radius 3 is 2.28 bits per heavy atom. The predicted molar refractivity (Wildman–Crippen MR) is 175 cm³/mol. The van der Waals surface area contributed by atoms with Gasteiger partial charge in [0, 0.05) is 43.6 Å². The van der Waals surface area contributed by atoms with Gasteiger partial charge in [-0.3, -0.25) is 9.59 Å². The third-order valence-electron chi connectivity index (χ3n) is 9.05. The number of hydrogen-bond donors (Lipinski definition) is 5. The molecule has 0 radical (unpaired) electrons. The van der Waals surface area contributed by atoms with Crippen molar-refractivity contribution in [1.82, 2.24) is 15.1 Å². The molecule has 2 amide bonds. The highest BCUT2D eigenvalue weighted by molar-refractivity contribution is 8.16. The van der Waals surface area contributed by atoms with Crippen LogP contribution < -0.4 is 5.32 Å². The maximum atomic E-state index is 12.9. The second-order valence-corrected chi connectivity index (χ2v) is 15.5. The normalized spacial score (nSPS) is 25.9. The molecule has 2 heterocycles. The van der Waals surface area contributed by atoms with Crippen LogP contribution in [0, 0.1) is 6.92 Å². The van der Waals surface area contributed by atoms with Crippen LogP contribution in [-0.2, 0) is 22.4 Å². The van der Waals surface area contributed by atoms with E-state index in [-0.39, 0.29) is 17.1 Å². The molecule has 43 heavy (non-hydrogen) atoms. The molecule has 9 heteroatoms. The van der Waals surface area contributed by atoms with Gasteiger partial charge in [0.2, 0.25) is 11.8 Å². The molecule has 8 nitrogen and oxygen atoms in total. The minimum absolute atomic E-state index is 0.0170. The summed E-state index contributed by atoms with van der Waals surface area (Å²) in [7, 11) is 1.40. The Morgan fingerprint density at radius 2 is 1.60 bits per heavy atom. The number of likely N-dealkylation sites (N-methyl/N-ethyl adjacent to an activating group) is 1. The number of carbonyl (C=O) groups excluding carboxylic acids is 2. The van der Waals surface area contributed by atoms with Crippen LogP contribution in [0.2, 0.25) is 0 Å². The van der Waals surface area contributed by atoms with E-state index in [1.54, 1.807) is 13.8 Å². The Kier molecular flexibility index (Phi) is 11.3. The highest BCUT2D eigenvalue weighted by Crippen LogP contribution is 2.48. The second-order valence-electron chi connectivity index (χ2n) is 13.1. The van der Waals surface area contributed by atoms with Crippen LogP contribution in [0.15, 0.2) is 42.5 Å². The van der Waals surface area contributed by atoms with E-state index in [0.29, 0.717) is 25.3 Å². The molecule has 0 bridgehead atoms. The molecule has 2 aliphatic heterocycles. The molecule has 2 aromatic rings. The number of nitrogens with one attached hydrogen (secondary N) is 1. The van der Waals surface area contributed by atoms with Crippen LogP contribution in [0.25, 0.3) is 0 Å². The van der Waals surface area contributed by atoms with Crippen molar-refractivity contribution in [2.45, 2.75) is 82.0 Å². The number of aryl methyl sites for hydroxylation is 2. The average molecular weight is 614 g/mol. The van der Waals surface area contributed by atoms with Crippen LogP contribution in [0.1, 0.15) is 66.2 Å². The zero-order chi connectivity index (χ0) is 31.3. The number of hydrogen-bond acceptors (Lipinski definition) is 6. The molecular formula is C34H51N3O5S. The molecular weight excluding hydrogens is 562 g/mol. The van der Waals surface area contributed by atoms with Gasteiger partial charge in [-0.25, -0.2) is 10.9 Å². The first-order valence-corrected chi connectivity index (χ1v) is 17.6. The summed E-state index contributed by atoms with van der Waals surface area (Å²) in [6.07, 6.45) is 2.87. The first-order valence-electron chi connectivity index (χ1n) is 15.6. The topological polar surface area (TPSA) is 113 Å². The Bertz CT molecular complexity index is 1250. The number of rotatable bonds is 10. The highest BCUT2D eigenvalue weighted by atomic mass is 32.2. The van der Waals surface area contributed by atoms with Crippen molar-refractivity contribution in [3.63, 3.8) is 0 Å². The van der Waals surface area contributed by atoms with E-state index >= 15 is 0 Å². The molecule has 2 saturated heterocycles. The zero-order valence-corrected chi connectivity index (χ0v) is 27.3. The zero-order valence-electron chi connectivity index (χ0n) is 26.4. The Hall–Kier alpha value is -2.43. The molecule has 2 aromatic carbocycles. The Morgan fingerprint density at radius 1 is 0.953 bits per heavy atom. The van der Waals surface area contributed by atoms with Crippen molar-refractivity contribution in [3.05, 3.63) is 70.3 Å². The highest BCUT2D eigenvalue weighted by Gasteiger charge is 2.40. The van der Waals surface area contributed by atoms with Gasteiger partial charge in [-0.15, -0.1) is 0 Å². The number of aliphatic hydroxyl groups excluding tert-OH is 3. The Labute approximate surface area is 259 Å². The van der Waals surface area contributed by atoms with Crippen LogP contribution in [0.3, 0.4) is 0 Å². The monoisotopic (exact) mass is 613 g/mol. The molecule has 4 rings (SSSR count). The van der Waals surface area contributed by atoms with E-state index in [9.17, 15) is 24.9 Å². The first kappa shape index (κ1) is 33.5. The summed E-state index contributed by atoms with van der Waals surface area (Å²) in [6.45, 7) is 8.78. The van der Waals surface area contributed by atoms with Crippen molar-refractivity contribution in [2.24, 2.45) is 0 Å². The van der Waals surface area contributed by atoms with Crippen LogP contribution >= 0.6 is 10.9 Å². The van der Waals surface area contributed by atoms with E-state index in [1.165, 1.54) is 22.3 Å². The third-order valence-corrected chi connectivity index (χ3v) is 11.5. The SMILES string of the molecule is Cc1ccc([C@H]2[C@H](O)[C@H](O)[C@H](O)C[SH]2C)cc1Cc1ccc(CCCCC(=O)NC(C)(C)C(=O)N2CCN(C)CC2)cc1. The van der Waals surface area contributed by atoms with E-state index in [0.717, 1.165) is 44.3 Å². The molecule has 0 saturated carbocycles. The quantitative estimate of drug-likeness (QED) is 0.208. The number of unbranched alkanes of at least 4 members (excludes halogenated alkanes) is 1. The van der Waals surface area contributed by atoms with Gasteiger partial charge in [0.25, 0.3) is 0 Å². The van der Waals surface area contributed by atoms with Gasteiger partial charge in [0.05, 0.1) is 12.2 Å². The fourth-order valence-electron chi connectivity index (χ4n) is 6.24. The first-order chi connectivity index (χ1) is 20.4. The lowest BCUT2D eigenvalue weighted by molar-refractivity contribution is -0.141. The lowest BCUT2D eigenvalue weighted by atomic mass is 9.93. The Balaban J connectivity index is 1.24. The number of benzene rings is 2. The van der Waals surface area contributed by atoms with Crippen molar-refractivity contribution < 1.29 is 24.9 Å². The molecule has 4 N–H and O–H groups in total. The molecule has 2 aliphatic rings. The van der Waals surface area contributed by atoms with Crippen LogP contribution in [-0.4, -0.2) is 106 Å². The summed E-state index contributed by atoms with van der Waals surface area (Å²) in [5, 5.41) is 33.9. The third kappa shape index (κ3) is 8.60. The summed E-state index contributed by atoms with van der Waals surface area (Å²) in [5.41, 5.74) is 4.94. The molecule has 238 valence electrons. The summed E-state index contributed by atoms with van der Waals surface area (Å²) in [6, 6.07) is 14.9. The fraction of sp³-hybridized carbons (Fsp3) is 0.588. The van der Waals surface area contributed by atoms with E-state index in [4.69, 9.17) is 0 Å². The van der Waals surface area contributed by atoms with Crippen molar-refractivity contribution in [1.29, 1.82) is 0 Å². The second kappa shape index (κ2) is 14.6.